The van der Waals surface area contributed by atoms with Gasteiger partial charge in [0.15, 0.2) is 0 Å². The molecule has 1 heterocycles. The first-order valence-corrected chi connectivity index (χ1v) is 7.18. The predicted molar refractivity (Wildman–Crippen MR) is 79.8 cm³/mol. The van der Waals surface area contributed by atoms with Crippen LogP contribution in [0.3, 0.4) is 0 Å². The van der Waals surface area contributed by atoms with Crippen molar-refractivity contribution in [3.8, 4) is 5.75 Å². The van der Waals surface area contributed by atoms with Gasteiger partial charge in [-0.1, -0.05) is 17.7 Å². The molecule has 0 aromatic heterocycles. The van der Waals surface area contributed by atoms with E-state index in [2.05, 4.69) is 18.3 Å². The summed E-state index contributed by atoms with van der Waals surface area (Å²) in [7, 11) is 3.53. The van der Waals surface area contributed by atoms with Gasteiger partial charge in [0.05, 0.1) is 7.11 Å². The van der Waals surface area contributed by atoms with Crippen molar-refractivity contribution in [2.24, 2.45) is 5.92 Å². The number of nitrogens with zero attached hydrogens (tertiary/aromatic N) is 1. The van der Waals surface area contributed by atoms with Crippen LogP contribution in [0.25, 0.3) is 0 Å². The van der Waals surface area contributed by atoms with E-state index in [4.69, 9.17) is 4.74 Å². The Bertz CT molecular complexity index is 468. The Labute approximate surface area is 121 Å². The summed E-state index contributed by atoms with van der Waals surface area (Å²) in [6, 6.07) is 6.07. The van der Waals surface area contributed by atoms with Gasteiger partial charge in [-0.05, 0) is 38.4 Å². The molecule has 1 fully saturated rings. The number of rotatable bonds is 5. The van der Waals surface area contributed by atoms with Crippen molar-refractivity contribution in [1.82, 2.24) is 10.2 Å². The van der Waals surface area contributed by atoms with Gasteiger partial charge in [-0.2, -0.15) is 0 Å². The number of ether oxygens (including phenoxy) is 1. The largest absolute Gasteiger partial charge is 0.496 e. The Morgan fingerprint density at radius 3 is 2.95 bits per heavy atom. The van der Waals surface area contributed by atoms with Gasteiger partial charge in [0, 0.05) is 25.6 Å². The molecule has 1 N–H and O–H groups in total. The van der Waals surface area contributed by atoms with E-state index in [0.717, 1.165) is 30.8 Å². The van der Waals surface area contributed by atoms with Crippen LogP contribution in [0.2, 0.25) is 0 Å². The fourth-order valence-electron chi connectivity index (χ4n) is 2.67. The second kappa shape index (κ2) is 6.75. The lowest BCUT2D eigenvalue weighted by Gasteiger charge is -2.20. The zero-order valence-electron chi connectivity index (χ0n) is 12.6. The predicted octanol–water partition coefficient (Wildman–Crippen LogP) is 1.96. The van der Waals surface area contributed by atoms with Crippen LogP contribution in [0.15, 0.2) is 18.2 Å². The summed E-state index contributed by atoms with van der Waals surface area (Å²) in [6.07, 6.45) is 1.74. The van der Waals surface area contributed by atoms with E-state index in [1.54, 1.807) is 12.0 Å². The van der Waals surface area contributed by atoms with Crippen LogP contribution in [0.5, 0.6) is 5.75 Å². The van der Waals surface area contributed by atoms with Crippen molar-refractivity contribution >= 4 is 5.91 Å². The Kier molecular flexibility index (Phi) is 5.01. The Hall–Kier alpha value is -1.55. The number of carbonyl (C=O) groups excluding carboxylic acids is 1. The number of hydrogen-bond donors (Lipinski definition) is 1. The molecule has 0 bridgehead atoms. The minimum Gasteiger partial charge on any atom is -0.496 e. The number of benzene rings is 1. The number of hydrogen-bond acceptors (Lipinski definition) is 3. The van der Waals surface area contributed by atoms with E-state index < -0.39 is 0 Å². The van der Waals surface area contributed by atoms with Gasteiger partial charge in [-0.15, -0.1) is 0 Å². The van der Waals surface area contributed by atoms with Crippen LogP contribution in [-0.4, -0.2) is 38.1 Å². The minimum absolute atomic E-state index is 0.210. The van der Waals surface area contributed by atoms with E-state index in [-0.39, 0.29) is 5.91 Å². The lowest BCUT2D eigenvalue weighted by atomic mass is 10.0. The Morgan fingerprint density at radius 2 is 2.30 bits per heavy atom. The summed E-state index contributed by atoms with van der Waals surface area (Å²) >= 11 is 0. The summed E-state index contributed by atoms with van der Waals surface area (Å²) < 4.78 is 5.37. The Balaban J connectivity index is 1.97. The van der Waals surface area contributed by atoms with Gasteiger partial charge in [-0.25, -0.2) is 0 Å². The quantitative estimate of drug-likeness (QED) is 0.894. The summed E-state index contributed by atoms with van der Waals surface area (Å²) in [4.78, 5) is 14.0. The summed E-state index contributed by atoms with van der Waals surface area (Å²) in [5, 5.41) is 3.30. The third-order valence-corrected chi connectivity index (χ3v) is 3.89. The van der Waals surface area contributed by atoms with Gasteiger partial charge >= 0.3 is 0 Å². The fraction of sp³-hybridized carbons (Fsp3) is 0.562. The molecule has 0 aliphatic carbocycles. The van der Waals surface area contributed by atoms with Gasteiger partial charge in [0.2, 0.25) is 5.91 Å². The smallest absolute Gasteiger partial charge is 0.222 e. The van der Waals surface area contributed by atoms with Crippen LogP contribution in [0, 0.1) is 12.8 Å². The van der Waals surface area contributed by atoms with Crippen LogP contribution in [0.1, 0.15) is 24.0 Å². The molecular weight excluding hydrogens is 252 g/mol. The molecule has 0 radical (unpaired) electrons. The van der Waals surface area contributed by atoms with Gasteiger partial charge < -0.3 is 15.0 Å². The number of carbonyl (C=O) groups is 1. The maximum Gasteiger partial charge on any atom is 0.222 e. The number of nitrogens with one attached hydrogen (secondary N) is 1. The SMILES string of the molecule is COc1ccc(C)cc1CN(C)C(=O)CC1CCNC1. The molecule has 1 aliphatic heterocycles. The summed E-state index contributed by atoms with van der Waals surface area (Å²) in [5.41, 5.74) is 2.24. The molecule has 1 aromatic carbocycles. The number of aryl methyl sites for hydroxylation is 1. The molecule has 4 heteroatoms. The van der Waals surface area contributed by atoms with E-state index in [1.807, 2.05) is 19.2 Å². The van der Waals surface area contributed by atoms with Crippen LogP contribution < -0.4 is 10.1 Å². The molecule has 1 aromatic rings. The third kappa shape index (κ3) is 3.73. The summed E-state index contributed by atoms with van der Waals surface area (Å²) in [6.45, 7) is 4.65. The highest BCUT2D eigenvalue weighted by Crippen LogP contribution is 2.22. The van der Waals surface area contributed by atoms with E-state index in [9.17, 15) is 4.79 Å². The molecule has 2 rings (SSSR count). The minimum atomic E-state index is 0.210. The van der Waals surface area contributed by atoms with Gasteiger partial charge in [-0.3, -0.25) is 4.79 Å². The molecule has 1 aliphatic rings. The molecule has 0 saturated carbocycles. The lowest BCUT2D eigenvalue weighted by Crippen LogP contribution is -2.28. The van der Waals surface area contributed by atoms with E-state index in [1.165, 1.54) is 5.56 Å². The van der Waals surface area contributed by atoms with E-state index >= 15 is 0 Å². The first kappa shape index (κ1) is 14.9. The van der Waals surface area contributed by atoms with Crippen molar-refractivity contribution in [3.05, 3.63) is 29.3 Å². The zero-order chi connectivity index (χ0) is 14.5. The van der Waals surface area contributed by atoms with Crippen molar-refractivity contribution in [1.29, 1.82) is 0 Å². The Morgan fingerprint density at radius 1 is 1.50 bits per heavy atom. The molecule has 1 atom stereocenters. The van der Waals surface area contributed by atoms with Gasteiger partial charge in [0.25, 0.3) is 0 Å². The number of methoxy groups -OCH3 is 1. The van der Waals surface area contributed by atoms with Crippen molar-refractivity contribution < 1.29 is 9.53 Å². The van der Waals surface area contributed by atoms with Crippen molar-refractivity contribution in [2.75, 3.05) is 27.2 Å². The molecular formula is C16H24N2O2. The fourth-order valence-corrected chi connectivity index (χ4v) is 2.67. The highest BCUT2D eigenvalue weighted by Gasteiger charge is 2.20. The lowest BCUT2D eigenvalue weighted by molar-refractivity contribution is -0.131. The summed E-state index contributed by atoms with van der Waals surface area (Å²) in [5.74, 6) is 1.55. The van der Waals surface area contributed by atoms with E-state index in [0.29, 0.717) is 18.9 Å². The van der Waals surface area contributed by atoms with Crippen LogP contribution in [-0.2, 0) is 11.3 Å². The topological polar surface area (TPSA) is 41.6 Å². The standard InChI is InChI=1S/C16H24N2O2/c1-12-4-5-15(20-3)14(8-12)11-18(2)16(19)9-13-6-7-17-10-13/h4-5,8,13,17H,6-7,9-11H2,1-3H3. The third-order valence-electron chi connectivity index (χ3n) is 3.89. The molecule has 20 heavy (non-hydrogen) atoms. The number of amides is 1. The average molecular weight is 276 g/mol. The molecule has 110 valence electrons. The molecule has 1 amide bonds. The molecule has 4 nitrogen and oxygen atoms in total. The highest BCUT2D eigenvalue weighted by molar-refractivity contribution is 5.76. The first-order chi connectivity index (χ1) is 9.60. The van der Waals surface area contributed by atoms with Crippen LogP contribution >= 0.6 is 0 Å². The highest BCUT2D eigenvalue weighted by atomic mass is 16.5. The monoisotopic (exact) mass is 276 g/mol. The maximum absolute atomic E-state index is 12.2. The maximum atomic E-state index is 12.2. The second-order valence-corrected chi connectivity index (χ2v) is 5.63. The van der Waals surface area contributed by atoms with Gasteiger partial charge in [0.1, 0.15) is 5.75 Å². The second-order valence-electron chi connectivity index (χ2n) is 5.63. The zero-order valence-corrected chi connectivity index (χ0v) is 12.6. The van der Waals surface area contributed by atoms with Crippen molar-refractivity contribution in [3.63, 3.8) is 0 Å². The molecule has 0 spiro atoms. The first-order valence-electron chi connectivity index (χ1n) is 7.18. The average Bonchev–Trinajstić information content (AvgIpc) is 2.91. The molecule has 1 unspecified atom stereocenters. The normalized spacial score (nSPS) is 18.1. The van der Waals surface area contributed by atoms with Crippen LogP contribution in [0.4, 0.5) is 0 Å². The van der Waals surface area contributed by atoms with Crippen molar-refractivity contribution in [2.45, 2.75) is 26.3 Å². The molecule has 1 saturated heterocycles.